The van der Waals surface area contributed by atoms with Crippen LogP contribution in [0.4, 0.5) is 0 Å². The molecule has 25 heavy (non-hydrogen) atoms. The van der Waals surface area contributed by atoms with Crippen molar-refractivity contribution in [1.29, 1.82) is 0 Å². The van der Waals surface area contributed by atoms with Crippen molar-refractivity contribution in [2.45, 2.75) is 37.9 Å². The van der Waals surface area contributed by atoms with Crippen LogP contribution in [0.1, 0.15) is 23.7 Å². The van der Waals surface area contributed by atoms with Gasteiger partial charge in [-0.2, -0.15) is 0 Å². The van der Waals surface area contributed by atoms with Crippen molar-refractivity contribution < 1.29 is 44.2 Å². The minimum Gasteiger partial charge on any atom is -0.462 e. The number of aliphatic hydroxyl groups is 4. The number of ether oxygens (including phenoxy) is 3. The zero-order chi connectivity index (χ0) is 19.0. The van der Waals surface area contributed by atoms with E-state index in [9.17, 15) is 30.0 Å². The Bertz CT molecular complexity index is 574. The van der Waals surface area contributed by atoms with E-state index >= 15 is 0 Å². The van der Waals surface area contributed by atoms with Gasteiger partial charge in [0.1, 0.15) is 23.5 Å². The highest BCUT2D eigenvalue weighted by molar-refractivity contribution is 5.93. The van der Waals surface area contributed by atoms with Crippen LogP contribution >= 0.6 is 0 Å². The van der Waals surface area contributed by atoms with Gasteiger partial charge in [-0.25, -0.2) is 4.79 Å². The second-order valence-electron chi connectivity index (χ2n) is 5.19. The minimum atomic E-state index is -1.72. The quantitative estimate of drug-likeness (QED) is 0.253. The fraction of sp³-hybridized carbons (Fsp3) is 0.500. The van der Waals surface area contributed by atoms with E-state index in [4.69, 9.17) is 9.47 Å². The van der Waals surface area contributed by atoms with Crippen LogP contribution in [-0.4, -0.2) is 70.7 Å². The Hall–Kier alpha value is -2.04. The number of aliphatic hydroxyl groups excluding tert-OH is 4. The fourth-order valence-corrected chi connectivity index (χ4v) is 1.94. The van der Waals surface area contributed by atoms with Crippen molar-refractivity contribution in [2.24, 2.45) is 0 Å². The highest BCUT2D eigenvalue weighted by atomic mass is 16.6. The van der Waals surface area contributed by atoms with Crippen LogP contribution in [0.15, 0.2) is 24.3 Å². The highest BCUT2D eigenvalue weighted by Gasteiger charge is 2.30. The lowest BCUT2D eigenvalue weighted by atomic mass is 10.1. The van der Waals surface area contributed by atoms with E-state index < -0.39 is 36.5 Å². The van der Waals surface area contributed by atoms with Gasteiger partial charge in [0.25, 0.3) is 0 Å². The summed E-state index contributed by atoms with van der Waals surface area (Å²) in [6, 6.07) is 5.98. The largest absolute Gasteiger partial charge is 0.462 e. The summed E-state index contributed by atoms with van der Waals surface area (Å²) in [5, 5.41) is 38.2. The van der Waals surface area contributed by atoms with Crippen LogP contribution in [0.3, 0.4) is 0 Å². The molecule has 9 heteroatoms. The summed E-state index contributed by atoms with van der Waals surface area (Å²) in [7, 11) is 1.12. The molecule has 4 atom stereocenters. The molecule has 0 spiro atoms. The Morgan fingerprint density at radius 1 is 1.08 bits per heavy atom. The molecule has 0 aromatic heterocycles. The molecule has 0 saturated heterocycles. The first-order valence-corrected chi connectivity index (χ1v) is 7.47. The molecule has 1 aromatic rings. The molecule has 0 aliphatic carbocycles. The maximum Gasteiger partial charge on any atom is 0.341 e. The number of carbonyl (C=O) groups is 2. The van der Waals surface area contributed by atoms with Gasteiger partial charge in [0, 0.05) is 20.5 Å². The molecule has 0 amide bonds. The molecule has 0 aliphatic rings. The predicted molar refractivity (Wildman–Crippen MR) is 83.7 cm³/mol. The molecule has 0 bridgehead atoms. The first kappa shape index (κ1) is 21.0. The van der Waals surface area contributed by atoms with Gasteiger partial charge < -0.3 is 34.6 Å². The molecule has 1 unspecified atom stereocenters. The summed E-state index contributed by atoms with van der Waals surface area (Å²) in [6.07, 6.45) is -6.74. The standard InChI is InChI=1S/C16H22O9/c1-9(17)25-12-6-4-3-5-10(12)15(21)24-8-7-11(18)13(19)14(20)16(22)23-2/h3-6,11,13-14,16,18-20,22H,7-8H2,1-2H3/t11-,13?,14-,16-/m0/s1. The minimum absolute atomic E-state index is 0.0302. The Kier molecular flexibility index (Phi) is 8.46. The van der Waals surface area contributed by atoms with Gasteiger partial charge in [-0.15, -0.1) is 0 Å². The van der Waals surface area contributed by atoms with Crippen LogP contribution in [0.5, 0.6) is 5.75 Å². The van der Waals surface area contributed by atoms with Crippen LogP contribution in [0.2, 0.25) is 0 Å². The summed E-state index contributed by atoms with van der Waals surface area (Å²) < 4.78 is 14.3. The number of hydrogen-bond donors (Lipinski definition) is 4. The van der Waals surface area contributed by atoms with E-state index in [-0.39, 0.29) is 24.3 Å². The molecule has 0 heterocycles. The normalized spacial score (nSPS) is 15.8. The second kappa shape index (κ2) is 10.1. The molecule has 140 valence electrons. The van der Waals surface area contributed by atoms with E-state index in [0.717, 1.165) is 7.11 Å². The zero-order valence-corrected chi connectivity index (χ0v) is 13.9. The van der Waals surface area contributed by atoms with Gasteiger partial charge in [0.2, 0.25) is 0 Å². The first-order chi connectivity index (χ1) is 11.8. The summed E-state index contributed by atoms with van der Waals surface area (Å²) >= 11 is 0. The lowest BCUT2D eigenvalue weighted by Crippen LogP contribution is -2.45. The monoisotopic (exact) mass is 358 g/mol. The Labute approximate surface area is 144 Å². The van der Waals surface area contributed by atoms with Crippen molar-refractivity contribution >= 4 is 11.9 Å². The number of benzene rings is 1. The molecule has 9 nitrogen and oxygen atoms in total. The molecular formula is C16H22O9. The summed E-state index contributed by atoms with van der Waals surface area (Å²) in [5.74, 6) is -1.33. The Balaban J connectivity index is 2.56. The summed E-state index contributed by atoms with van der Waals surface area (Å²) in [5.41, 5.74) is 0.0302. The van der Waals surface area contributed by atoms with Crippen molar-refractivity contribution in [3.63, 3.8) is 0 Å². The highest BCUT2D eigenvalue weighted by Crippen LogP contribution is 2.19. The maximum atomic E-state index is 12.0. The third-order valence-electron chi connectivity index (χ3n) is 3.29. The average Bonchev–Trinajstić information content (AvgIpc) is 2.59. The number of methoxy groups -OCH3 is 1. The van der Waals surface area contributed by atoms with E-state index in [1.54, 1.807) is 12.1 Å². The number of carbonyl (C=O) groups excluding carboxylic acids is 2. The summed E-state index contributed by atoms with van der Waals surface area (Å²) in [6.45, 7) is 0.918. The van der Waals surface area contributed by atoms with Crippen molar-refractivity contribution in [1.82, 2.24) is 0 Å². The smallest absolute Gasteiger partial charge is 0.341 e. The van der Waals surface area contributed by atoms with E-state index in [2.05, 4.69) is 4.74 Å². The second-order valence-corrected chi connectivity index (χ2v) is 5.19. The third-order valence-corrected chi connectivity index (χ3v) is 3.29. The Morgan fingerprint density at radius 3 is 2.32 bits per heavy atom. The molecule has 0 saturated carbocycles. The Morgan fingerprint density at radius 2 is 1.72 bits per heavy atom. The van der Waals surface area contributed by atoms with Gasteiger partial charge in [0.15, 0.2) is 6.29 Å². The van der Waals surface area contributed by atoms with Gasteiger partial charge in [-0.05, 0) is 12.1 Å². The summed E-state index contributed by atoms with van der Waals surface area (Å²) in [4.78, 5) is 23.0. The molecule has 0 fully saturated rings. The number of rotatable bonds is 9. The number of hydrogen-bond acceptors (Lipinski definition) is 9. The molecular weight excluding hydrogens is 336 g/mol. The van der Waals surface area contributed by atoms with E-state index in [0.29, 0.717) is 0 Å². The maximum absolute atomic E-state index is 12.0. The van der Waals surface area contributed by atoms with Crippen molar-refractivity contribution in [3.05, 3.63) is 29.8 Å². The van der Waals surface area contributed by atoms with Crippen LogP contribution < -0.4 is 4.74 Å². The third kappa shape index (κ3) is 6.40. The van der Waals surface area contributed by atoms with Crippen LogP contribution in [0, 0.1) is 0 Å². The fourth-order valence-electron chi connectivity index (χ4n) is 1.94. The first-order valence-electron chi connectivity index (χ1n) is 7.47. The lowest BCUT2D eigenvalue weighted by Gasteiger charge is -2.25. The molecule has 0 radical (unpaired) electrons. The van der Waals surface area contributed by atoms with Crippen molar-refractivity contribution in [3.8, 4) is 5.75 Å². The lowest BCUT2D eigenvalue weighted by molar-refractivity contribution is -0.191. The average molecular weight is 358 g/mol. The van der Waals surface area contributed by atoms with Gasteiger partial charge in [-0.1, -0.05) is 12.1 Å². The van der Waals surface area contributed by atoms with Gasteiger partial charge >= 0.3 is 11.9 Å². The molecule has 4 N–H and O–H groups in total. The van der Waals surface area contributed by atoms with E-state index in [1.165, 1.54) is 19.1 Å². The SMILES string of the molecule is CO[C@H](O)[C@@H](O)C(O)[C@@H](O)CCOC(=O)c1ccccc1OC(C)=O. The van der Waals surface area contributed by atoms with E-state index in [1.807, 2.05) is 0 Å². The number of esters is 2. The molecule has 1 aromatic carbocycles. The molecule has 1 rings (SSSR count). The zero-order valence-electron chi connectivity index (χ0n) is 13.9. The topological polar surface area (TPSA) is 143 Å². The molecule has 0 aliphatic heterocycles. The van der Waals surface area contributed by atoms with Gasteiger partial charge in [-0.3, -0.25) is 4.79 Å². The van der Waals surface area contributed by atoms with Crippen molar-refractivity contribution in [2.75, 3.05) is 13.7 Å². The van der Waals surface area contributed by atoms with Crippen LogP contribution in [-0.2, 0) is 14.3 Å². The van der Waals surface area contributed by atoms with Crippen LogP contribution in [0.25, 0.3) is 0 Å². The van der Waals surface area contributed by atoms with Gasteiger partial charge in [0.05, 0.1) is 12.7 Å². The number of para-hydroxylation sites is 1. The predicted octanol–water partition coefficient (Wildman–Crippen LogP) is -0.794.